The fourth-order valence-electron chi connectivity index (χ4n) is 6.03. The summed E-state index contributed by atoms with van der Waals surface area (Å²) < 4.78 is 0. The van der Waals surface area contributed by atoms with Crippen molar-refractivity contribution in [3.8, 4) is 44.5 Å². The molecule has 0 spiro atoms. The van der Waals surface area contributed by atoms with Crippen molar-refractivity contribution in [3.63, 3.8) is 0 Å². The third kappa shape index (κ3) is 4.02. The molecule has 0 aliphatic heterocycles. The van der Waals surface area contributed by atoms with Crippen LogP contribution < -0.4 is 0 Å². The summed E-state index contributed by atoms with van der Waals surface area (Å²) in [6, 6.07) is 55.0. The second kappa shape index (κ2) is 9.74. The van der Waals surface area contributed by atoms with Gasteiger partial charge in [-0.05, 0) is 84.6 Å². The number of hydrogen-bond donors (Lipinski definition) is 0. The van der Waals surface area contributed by atoms with E-state index in [0.717, 1.165) is 0 Å². The molecule has 7 rings (SSSR count). The predicted octanol–water partition coefficient (Wildman–Crippen LogP) is 11.0. The van der Waals surface area contributed by atoms with E-state index < -0.39 is 0 Å². The number of fused-ring (bicyclic) bond motifs is 2. The Kier molecular flexibility index (Phi) is 5.79. The topological polar surface area (TPSA) is 0 Å². The van der Waals surface area contributed by atoms with Crippen LogP contribution in [0.4, 0.5) is 0 Å². The fraction of sp³-hybridized carbons (Fsp3) is 0.0256. The normalized spacial score (nSPS) is 11.2. The molecular formula is C39H28. The minimum absolute atomic E-state index is 1.23. The van der Waals surface area contributed by atoms with Crippen LogP contribution in [0.2, 0.25) is 0 Å². The maximum absolute atomic E-state index is 2.42. The van der Waals surface area contributed by atoms with E-state index in [1.807, 2.05) is 0 Å². The molecule has 7 aromatic rings. The van der Waals surface area contributed by atoms with Gasteiger partial charge in [-0.1, -0.05) is 146 Å². The first-order valence-electron chi connectivity index (χ1n) is 13.5. The molecule has 0 heterocycles. The van der Waals surface area contributed by atoms with E-state index in [1.165, 1.54) is 71.6 Å². The largest absolute Gasteiger partial charge is 0.0622 e. The van der Waals surface area contributed by atoms with Crippen LogP contribution in [-0.4, -0.2) is 0 Å². The number of rotatable bonds is 4. The first-order valence-corrected chi connectivity index (χ1v) is 13.5. The van der Waals surface area contributed by atoms with Gasteiger partial charge in [-0.3, -0.25) is 0 Å². The minimum atomic E-state index is 1.23. The molecule has 0 amide bonds. The molecule has 39 heavy (non-hydrogen) atoms. The van der Waals surface area contributed by atoms with Gasteiger partial charge in [0.2, 0.25) is 0 Å². The van der Waals surface area contributed by atoms with Crippen LogP contribution in [-0.2, 0) is 0 Å². The highest BCUT2D eigenvalue weighted by atomic mass is 14.2. The summed E-state index contributed by atoms with van der Waals surface area (Å²) >= 11 is 0. The summed E-state index contributed by atoms with van der Waals surface area (Å²) in [5.74, 6) is 0. The third-order valence-corrected chi connectivity index (χ3v) is 7.80. The van der Waals surface area contributed by atoms with Crippen LogP contribution in [0.1, 0.15) is 5.56 Å². The number of aryl methyl sites for hydroxylation is 1. The molecule has 0 aliphatic rings. The van der Waals surface area contributed by atoms with Gasteiger partial charge in [0.05, 0.1) is 0 Å². The van der Waals surface area contributed by atoms with Gasteiger partial charge in [-0.25, -0.2) is 0 Å². The molecule has 0 radical (unpaired) electrons. The first-order chi connectivity index (χ1) is 19.3. The average molecular weight is 497 g/mol. The van der Waals surface area contributed by atoms with Crippen molar-refractivity contribution in [2.24, 2.45) is 0 Å². The van der Waals surface area contributed by atoms with Crippen LogP contribution in [0.25, 0.3) is 66.1 Å². The molecule has 0 N–H and O–H groups in total. The van der Waals surface area contributed by atoms with Crippen molar-refractivity contribution in [3.05, 3.63) is 157 Å². The molecule has 0 heteroatoms. The van der Waals surface area contributed by atoms with Gasteiger partial charge in [0.1, 0.15) is 0 Å². The molecule has 0 aliphatic carbocycles. The quantitative estimate of drug-likeness (QED) is 0.213. The summed E-state index contributed by atoms with van der Waals surface area (Å²) in [6.45, 7) is 2.23. The number of benzene rings is 7. The first kappa shape index (κ1) is 23.2. The van der Waals surface area contributed by atoms with Gasteiger partial charge in [-0.15, -0.1) is 0 Å². The summed E-state index contributed by atoms with van der Waals surface area (Å²) in [7, 11) is 0. The molecule has 0 saturated heterocycles. The lowest BCUT2D eigenvalue weighted by atomic mass is 9.82. The third-order valence-electron chi connectivity index (χ3n) is 7.80. The average Bonchev–Trinajstić information content (AvgIpc) is 3.01. The molecule has 184 valence electrons. The Morgan fingerprint density at radius 2 is 0.692 bits per heavy atom. The van der Waals surface area contributed by atoms with Crippen LogP contribution >= 0.6 is 0 Å². The Labute approximate surface area is 229 Å². The molecule has 0 unspecified atom stereocenters. The van der Waals surface area contributed by atoms with Crippen LogP contribution in [0.5, 0.6) is 0 Å². The van der Waals surface area contributed by atoms with E-state index in [9.17, 15) is 0 Å². The van der Waals surface area contributed by atoms with Gasteiger partial charge < -0.3 is 0 Å². The lowest BCUT2D eigenvalue weighted by Gasteiger charge is -2.21. The second-order valence-electron chi connectivity index (χ2n) is 10.2. The molecule has 0 atom stereocenters. The highest BCUT2D eigenvalue weighted by Crippen LogP contribution is 2.47. The van der Waals surface area contributed by atoms with Crippen LogP contribution in [0, 0.1) is 6.92 Å². The standard InChI is InChI=1S/C39H28/c1-27-25-36(29-17-7-3-8-18-29)37(26-35(27)28-15-5-2-6-16-28)39-33-23-13-11-21-31(33)38(30-19-9-4-10-20-30)32-22-12-14-24-34(32)39/h2-26H,1H3. The van der Waals surface area contributed by atoms with E-state index in [2.05, 4.69) is 159 Å². The molecule has 0 nitrogen and oxygen atoms in total. The molecular weight excluding hydrogens is 468 g/mol. The van der Waals surface area contributed by atoms with E-state index in [1.54, 1.807) is 0 Å². The number of hydrogen-bond acceptors (Lipinski definition) is 0. The van der Waals surface area contributed by atoms with Gasteiger partial charge in [0.25, 0.3) is 0 Å². The van der Waals surface area contributed by atoms with Crippen molar-refractivity contribution in [2.45, 2.75) is 6.92 Å². The van der Waals surface area contributed by atoms with Crippen molar-refractivity contribution in [2.75, 3.05) is 0 Å². The van der Waals surface area contributed by atoms with Gasteiger partial charge in [-0.2, -0.15) is 0 Å². The fourth-order valence-corrected chi connectivity index (χ4v) is 6.03. The molecule has 0 fully saturated rings. The Bertz CT molecular complexity index is 1880. The minimum Gasteiger partial charge on any atom is -0.0622 e. The summed E-state index contributed by atoms with van der Waals surface area (Å²) in [6.07, 6.45) is 0. The summed E-state index contributed by atoms with van der Waals surface area (Å²) in [5, 5.41) is 5.10. The zero-order valence-electron chi connectivity index (χ0n) is 21.9. The molecule has 0 bridgehead atoms. The molecule has 7 aromatic carbocycles. The van der Waals surface area contributed by atoms with Gasteiger partial charge >= 0.3 is 0 Å². The van der Waals surface area contributed by atoms with Crippen molar-refractivity contribution in [1.29, 1.82) is 0 Å². The monoisotopic (exact) mass is 496 g/mol. The summed E-state index contributed by atoms with van der Waals surface area (Å²) in [4.78, 5) is 0. The highest BCUT2D eigenvalue weighted by Gasteiger charge is 2.20. The zero-order valence-corrected chi connectivity index (χ0v) is 21.9. The SMILES string of the molecule is Cc1cc(-c2ccccc2)c(-c2c3ccccc3c(-c3ccccc3)c3ccccc23)cc1-c1ccccc1. The maximum Gasteiger partial charge on any atom is -0.00199 e. The Hall–Kier alpha value is -4.94. The van der Waals surface area contributed by atoms with E-state index in [-0.39, 0.29) is 0 Å². The van der Waals surface area contributed by atoms with Crippen molar-refractivity contribution in [1.82, 2.24) is 0 Å². The Morgan fingerprint density at radius 3 is 1.18 bits per heavy atom. The Morgan fingerprint density at radius 1 is 0.308 bits per heavy atom. The highest BCUT2D eigenvalue weighted by molar-refractivity contribution is 6.22. The molecule has 0 saturated carbocycles. The summed E-state index contributed by atoms with van der Waals surface area (Å²) in [5.41, 5.74) is 11.4. The predicted molar refractivity (Wildman–Crippen MR) is 168 cm³/mol. The van der Waals surface area contributed by atoms with Crippen LogP contribution in [0.3, 0.4) is 0 Å². The Balaban J connectivity index is 1.65. The van der Waals surface area contributed by atoms with E-state index >= 15 is 0 Å². The van der Waals surface area contributed by atoms with Crippen molar-refractivity contribution < 1.29 is 0 Å². The maximum atomic E-state index is 2.42. The lowest BCUT2D eigenvalue weighted by Crippen LogP contribution is -1.95. The van der Waals surface area contributed by atoms with Gasteiger partial charge in [0.15, 0.2) is 0 Å². The van der Waals surface area contributed by atoms with Crippen molar-refractivity contribution >= 4 is 21.5 Å². The van der Waals surface area contributed by atoms with E-state index in [4.69, 9.17) is 0 Å². The smallest absolute Gasteiger partial charge is 0.00199 e. The lowest BCUT2D eigenvalue weighted by molar-refractivity contribution is 1.45. The second-order valence-corrected chi connectivity index (χ2v) is 10.2. The van der Waals surface area contributed by atoms with E-state index in [0.29, 0.717) is 0 Å². The zero-order chi connectivity index (χ0) is 26.2. The van der Waals surface area contributed by atoms with Gasteiger partial charge in [0, 0.05) is 0 Å². The van der Waals surface area contributed by atoms with Crippen LogP contribution in [0.15, 0.2) is 152 Å². The molecule has 0 aromatic heterocycles.